The number of hydrogen-bond donors (Lipinski definition) is 6. The second-order valence-electron chi connectivity index (χ2n) is 26.8. The summed E-state index contributed by atoms with van der Waals surface area (Å²) in [6.07, 6.45) is 7.63. The van der Waals surface area contributed by atoms with Gasteiger partial charge in [-0.1, -0.05) is 171 Å². The molecular weight excluding hydrogens is 1230 g/mol. The first kappa shape index (κ1) is 73.4. The van der Waals surface area contributed by atoms with Gasteiger partial charge in [-0.2, -0.15) is 0 Å². The standard InChI is InChI=1S/C81H98N8O9/c1-5-68(82-3)72(91)54-67-59(50-52-84-55-56-27-14-9-15-28-56)40-43-64-46-49-71(89(64)79(67)97)78(96)87-81(61-33-20-12-21-34-61,62-35-22-13-23-36-62)74(93)38-26-51-85-75(94)39-25-8-7-24-37-65(90)47-42-60-41-44-63-45-48-70(88(63)80(98)76(60)86-77(95)69(6-2)83-4)73(92)53-66(57-29-16-10-17-30-57)58-31-18-11-19-32-58/h9-23,27-36,59-60,63-64,66-71,76,82-84H,5-6,25-26,38-55H2,1-4H3,(H,85,94)(H,86,95)(H,87,96)/t59-,60-,63+,64+,67+,68+,69+,70+,71+,76+/m1/s1. The van der Waals surface area contributed by atoms with Crippen molar-refractivity contribution in [3.63, 3.8) is 0 Å². The molecule has 98 heavy (non-hydrogen) atoms. The van der Waals surface area contributed by atoms with E-state index in [2.05, 4.69) is 67.7 Å². The molecule has 4 saturated heterocycles. The number of ketones is 4. The SMILES string of the molecule is CC[C@H](NC)C(=O)C[C@@H]1C(=O)N2[C@@H](CC[C@@H]1CCNCc1ccccc1)CC[C@H]2C(=O)NC(C(=O)CCCNC(=O)CCC#CC#CC(=O)CC[C@H]1CC[C@H]2CC[C@@H](C(=O)CC(c3ccccc3)c3ccccc3)N2C(=O)[C@H]1NC(=O)[C@H](CC)NC)(c1ccccc1)c1ccccc1. The highest BCUT2D eigenvalue weighted by Gasteiger charge is 2.52. The zero-order chi connectivity index (χ0) is 69.4. The highest BCUT2D eigenvalue weighted by Crippen LogP contribution is 2.42. The molecule has 0 aliphatic carbocycles. The number of hydrogen-bond acceptors (Lipinski definition) is 12. The molecule has 0 spiro atoms. The van der Waals surface area contributed by atoms with E-state index in [-0.39, 0.29) is 135 Å². The molecule has 4 heterocycles. The van der Waals surface area contributed by atoms with E-state index in [0.29, 0.717) is 88.4 Å². The molecule has 4 aliphatic rings. The van der Waals surface area contributed by atoms with Gasteiger partial charge in [0.25, 0.3) is 0 Å². The largest absolute Gasteiger partial charge is 0.356 e. The van der Waals surface area contributed by atoms with Crippen molar-refractivity contribution >= 4 is 52.7 Å². The first-order valence-electron chi connectivity index (χ1n) is 35.6. The van der Waals surface area contributed by atoms with Crippen molar-refractivity contribution in [2.75, 3.05) is 27.2 Å². The summed E-state index contributed by atoms with van der Waals surface area (Å²) in [7, 11) is 3.46. The maximum absolute atomic E-state index is 15.2. The molecule has 17 nitrogen and oxygen atoms in total. The van der Waals surface area contributed by atoms with Crippen LogP contribution in [0, 0.1) is 41.4 Å². The van der Waals surface area contributed by atoms with Crippen molar-refractivity contribution < 1.29 is 43.2 Å². The lowest BCUT2D eigenvalue weighted by Crippen LogP contribution is -2.58. The van der Waals surface area contributed by atoms with Gasteiger partial charge in [0.2, 0.25) is 35.3 Å². The van der Waals surface area contributed by atoms with E-state index in [1.807, 2.05) is 153 Å². The second-order valence-corrected chi connectivity index (χ2v) is 26.8. The van der Waals surface area contributed by atoms with Crippen molar-refractivity contribution in [1.82, 2.24) is 41.7 Å². The number of Topliss-reactive ketones (excluding diaryl/α,β-unsaturated/α-hetero) is 4. The lowest BCUT2D eigenvalue weighted by Gasteiger charge is -2.38. The molecule has 17 heteroatoms. The Hall–Kier alpha value is -8.87. The molecule has 0 bridgehead atoms. The van der Waals surface area contributed by atoms with E-state index in [1.165, 1.54) is 0 Å². The van der Waals surface area contributed by atoms with Crippen LogP contribution in [0.15, 0.2) is 152 Å². The van der Waals surface area contributed by atoms with Gasteiger partial charge in [0, 0.05) is 75.5 Å². The Labute approximate surface area is 579 Å². The van der Waals surface area contributed by atoms with Crippen LogP contribution in [-0.2, 0) is 55.2 Å². The summed E-state index contributed by atoms with van der Waals surface area (Å²) in [5.74, 6) is 7.25. The van der Waals surface area contributed by atoms with Crippen LogP contribution >= 0.6 is 0 Å². The highest BCUT2D eigenvalue weighted by molar-refractivity contribution is 6.00. The molecule has 4 fully saturated rings. The van der Waals surface area contributed by atoms with Crippen LogP contribution in [0.3, 0.4) is 0 Å². The third-order valence-corrected chi connectivity index (χ3v) is 20.8. The Bertz CT molecular complexity index is 3560. The zero-order valence-corrected chi connectivity index (χ0v) is 57.4. The lowest BCUT2D eigenvalue weighted by molar-refractivity contribution is -0.146. The molecule has 0 saturated carbocycles. The van der Waals surface area contributed by atoms with Gasteiger partial charge in [-0.3, -0.25) is 43.2 Å². The normalized spacial score (nSPS) is 21.2. The first-order chi connectivity index (χ1) is 47.7. The van der Waals surface area contributed by atoms with Crippen LogP contribution < -0.4 is 31.9 Å². The fraction of sp³-hybridized carbons (Fsp3) is 0.469. The van der Waals surface area contributed by atoms with Crippen molar-refractivity contribution in [3.05, 3.63) is 179 Å². The Morgan fingerprint density at radius 2 is 1.13 bits per heavy atom. The van der Waals surface area contributed by atoms with Crippen LogP contribution in [0.5, 0.6) is 0 Å². The predicted octanol–water partition coefficient (Wildman–Crippen LogP) is 9.21. The van der Waals surface area contributed by atoms with Crippen LogP contribution in [0.1, 0.15) is 170 Å². The number of carbonyl (C=O) groups is 9. The third-order valence-electron chi connectivity index (χ3n) is 20.8. The topological polar surface area (TPSA) is 232 Å². The minimum Gasteiger partial charge on any atom is -0.356 e. The second kappa shape index (κ2) is 36.6. The zero-order valence-electron chi connectivity index (χ0n) is 57.4. The summed E-state index contributed by atoms with van der Waals surface area (Å²) in [5.41, 5.74) is 2.64. The number of rotatable bonds is 33. The molecule has 0 aromatic heterocycles. The third kappa shape index (κ3) is 18.7. The van der Waals surface area contributed by atoms with Crippen LogP contribution in [0.25, 0.3) is 0 Å². The summed E-state index contributed by atoms with van der Waals surface area (Å²) in [4.78, 5) is 133. The van der Waals surface area contributed by atoms with Crippen molar-refractivity contribution in [3.8, 4) is 23.7 Å². The molecule has 5 aromatic carbocycles. The number of fused-ring (bicyclic) bond motifs is 2. The maximum Gasteiger partial charge on any atom is 0.246 e. The molecule has 5 aromatic rings. The molecule has 6 N–H and O–H groups in total. The summed E-state index contributed by atoms with van der Waals surface area (Å²) in [5, 5.41) is 18.9. The highest BCUT2D eigenvalue weighted by atomic mass is 16.2. The van der Waals surface area contributed by atoms with Gasteiger partial charge >= 0.3 is 0 Å². The lowest BCUT2D eigenvalue weighted by atomic mass is 9.77. The summed E-state index contributed by atoms with van der Waals surface area (Å²) < 4.78 is 0. The monoisotopic (exact) mass is 1330 g/mol. The summed E-state index contributed by atoms with van der Waals surface area (Å²) in [6, 6.07) is 44.4. The minimum atomic E-state index is -1.65. The van der Waals surface area contributed by atoms with Gasteiger partial charge in [0.1, 0.15) is 17.6 Å². The number of benzene rings is 5. The quantitative estimate of drug-likeness (QED) is 0.0131. The summed E-state index contributed by atoms with van der Waals surface area (Å²) >= 11 is 0. The fourth-order valence-electron chi connectivity index (χ4n) is 15.4. The van der Waals surface area contributed by atoms with E-state index in [4.69, 9.17) is 0 Å². The first-order valence-corrected chi connectivity index (χ1v) is 35.6. The van der Waals surface area contributed by atoms with Crippen molar-refractivity contribution in [2.24, 2.45) is 17.8 Å². The van der Waals surface area contributed by atoms with E-state index in [0.717, 1.165) is 23.1 Å². The maximum atomic E-state index is 15.2. The summed E-state index contributed by atoms with van der Waals surface area (Å²) in [6.45, 7) is 5.34. The molecule has 4 aliphatic heterocycles. The van der Waals surface area contributed by atoms with Crippen LogP contribution in [0.4, 0.5) is 0 Å². The molecule has 516 valence electrons. The molecule has 9 rings (SSSR count). The van der Waals surface area contributed by atoms with Crippen molar-refractivity contribution in [1.29, 1.82) is 0 Å². The van der Waals surface area contributed by atoms with Gasteiger partial charge in [0.15, 0.2) is 17.3 Å². The van der Waals surface area contributed by atoms with Gasteiger partial charge in [-0.25, -0.2) is 0 Å². The smallest absolute Gasteiger partial charge is 0.246 e. The van der Waals surface area contributed by atoms with Gasteiger partial charge in [0.05, 0.1) is 18.1 Å². The molecular formula is C81H98N8O9. The van der Waals surface area contributed by atoms with E-state index in [9.17, 15) is 28.8 Å². The molecule has 0 unspecified atom stereocenters. The Kier molecular flexibility index (Phi) is 27.4. The van der Waals surface area contributed by atoms with Crippen LogP contribution in [-0.4, -0.2) is 132 Å². The number of likely N-dealkylation sites (N-methyl/N-ethyl adjacent to an activating group) is 2. The molecule has 10 atom stereocenters. The van der Waals surface area contributed by atoms with E-state index in [1.54, 1.807) is 23.9 Å². The number of amides is 5. The number of nitrogens with one attached hydrogen (secondary N) is 6. The van der Waals surface area contributed by atoms with E-state index >= 15 is 14.4 Å². The molecule has 0 radical (unpaired) electrons. The average molecular weight is 1330 g/mol. The molecule has 5 amide bonds. The average Bonchev–Trinajstić information content (AvgIpc) is 1.67. The Morgan fingerprint density at radius 1 is 0.582 bits per heavy atom. The van der Waals surface area contributed by atoms with Gasteiger partial charge in [-0.05, 0) is 162 Å². The predicted molar refractivity (Wildman–Crippen MR) is 379 cm³/mol. The van der Waals surface area contributed by atoms with Gasteiger partial charge in [-0.15, -0.1) is 0 Å². The number of nitrogens with zero attached hydrogens (tertiary/aromatic N) is 2. The van der Waals surface area contributed by atoms with Crippen LogP contribution in [0.2, 0.25) is 0 Å². The number of carbonyl (C=O) groups excluding carboxylic acids is 9. The Morgan fingerprint density at radius 3 is 1.72 bits per heavy atom. The van der Waals surface area contributed by atoms with E-state index < -0.39 is 47.6 Å². The van der Waals surface area contributed by atoms with Gasteiger partial charge < -0.3 is 41.7 Å². The van der Waals surface area contributed by atoms with Crippen molar-refractivity contribution in [2.45, 2.75) is 196 Å². The minimum absolute atomic E-state index is 0.0213. The fourth-order valence-corrected chi connectivity index (χ4v) is 15.4. The Balaban J connectivity index is 0.794.